The van der Waals surface area contributed by atoms with Crippen molar-refractivity contribution >= 4 is 10.2 Å². The van der Waals surface area contributed by atoms with Gasteiger partial charge in [-0.2, -0.15) is 12.7 Å². The van der Waals surface area contributed by atoms with Crippen LogP contribution in [0.25, 0.3) is 0 Å². The number of hydrogen-bond donors (Lipinski definition) is 2. The van der Waals surface area contributed by atoms with Crippen LogP contribution < -0.4 is 10.0 Å². The Bertz CT molecular complexity index is 350. The summed E-state index contributed by atoms with van der Waals surface area (Å²) >= 11 is 0. The van der Waals surface area contributed by atoms with Crippen LogP contribution in [0.3, 0.4) is 0 Å². The van der Waals surface area contributed by atoms with Crippen molar-refractivity contribution in [2.75, 3.05) is 39.3 Å². The van der Waals surface area contributed by atoms with Crippen LogP contribution in [0, 0.1) is 0 Å². The van der Waals surface area contributed by atoms with Crippen LogP contribution in [-0.4, -0.2) is 58.2 Å². The summed E-state index contributed by atoms with van der Waals surface area (Å²) < 4.78 is 34.2. The van der Waals surface area contributed by atoms with Gasteiger partial charge in [0.15, 0.2) is 0 Å². The van der Waals surface area contributed by atoms with Crippen LogP contribution in [0.1, 0.15) is 46.0 Å². The first-order chi connectivity index (χ1) is 10.1. The second kappa shape index (κ2) is 10.5. The normalized spacial score (nSPS) is 17.5. The maximum atomic E-state index is 12.1. The maximum absolute atomic E-state index is 12.1. The quantitative estimate of drug-likeness (QED) is 0.559. The molecule has 1 aliphatic heterocycles. The zero-order chi connectivity index (χ0) is 15.6. The van der Waals surface area contributed by atoms with Gasteiger partial charge in [0.2, 0.25) is 0 Å². The maximum Gasteiger partial charge on any atom is 0.279 e. The van der Waals surface area contributed by atoms with Gasteiger partial charge in [0.1, 0.15) is 0 Å². The van der Waals surface area contributed by atoms with Crippen molar-refractivity contribution in [2.45, 2.75) is 52.1 Å². The monoisotopic (exact) mass is 321 g/mol. The standard InChI is InChI=1S/C14H31N3O3S/c1-3-11-17(12-4-2)21(18,19)16-8-5-13-20-14-6-9-15-10-7-14/h14-16H,3-13H2,1-2H3. The Morgan fingerprint density at radius 2 is 1.81 bits per heavy atom. The fourth-order valence-corrected chi connectivity index (χ4v) is 3.86. The summed E-state index contributed by atoms with van der Waals surface area (Å²) in [6.45, 7) is 8.23. The summed E-state index contributed by atoms with van der Waals surface area (Å²) in [6.07, 6.45) is 4.81. The van der Waals surface area contributed by atoms with Crippen molar-refractivity contribution in [1.82, 2.24) is 14.3 Å². The molecule has 0 aliphatic carbocycles. The molecule has 0 radical (unpaired) electrons. The van der Waals surface area contributed by atoms with E-state index in [2.05, 4.69) is 10.0 Å². The molecule has 2 N–H and O–H groups in total. The molecule has 0 aromatic heterocycles. The Morgan fingerprint density at radius 3 is 2.38 bits per heavy atom. The molecule has 1 fully saturated rings. The molecule has 0 aromatic carbocycles. The summed E-state index contributed by atoms with van der Waals surface area (Å²) in [5.74, 6) is 0. The molecule has 0 bridgehead atoms. The van der Waals surface area contributed by atoms with Gasteiger partial charge >= 0.3 is 0 Å². The number of nitrogens with zero attached hydrogens (tertiary/aromatic N) is 1. The van der Waals surface area contributed by atoms with Crippen molar-refractivity contribution < 1.29 is 13.2 Å². The van der Waals surface area contributed by atoms with Crippen LogP contribution in [0.2, 0.25) is 0 Å². The molecule has 126 valence electrons. The molecule has 1 heterocycles. The average molecular weight is 321 g/mol. The van der Waals surface area contributed by atoms with Crippen molar-refractivity contribution in [3.05, 3.63) is 0 Å². The van der Waals surface area contributed by atoms with Gasteiger partial charge in [-0.3, -0.25) is 0 Å². The zero-order valence-electron chi connectivity index (χ0n) is 13.4. The highest BCUT2D eigenvalue weighted by atomic mass is 32.2. The number of nitrogens with one attached hydrogen (secondary N) is 2. The zero-order valence-corrected chi connectivity index (χ0v) is 14.3. The minimum atomic E-state index is -3.33. The highest BCUT2D eigenvalue weighted by molar-refractivity contribution is 7.87. The van der Waals surface area contributed by atoms with E-state index in [1.807, 2.05) is 13.8 Å². The second-order valence-electron chi connectivity index (χ2n) is 5.47. The molecule has 6 nitrogen and oxygen atoms in total. The van der Waals surface area contributed by atoms with Gasteiger partial charge in [-0.1, -0.05) is 13.8 Å². The van der Waals surface area contributed by atoms with Gasteiger partial charge in [-0.25, -0.2) is 4.72 Å². The lowest BCUT2D eigenvalue weighted by atomic mass is 10.1. The van der Waals surface area contributed by atoms with E-state index < -0.39 is 10.2 Å². The number of ether oxygens (including phenoxy) is 1. The Labute approximate surface area is 129 Å². The van der Waals surface area contributed by atoms with Crippen LogP contribution in [0.4, 0.5) is 0 Å². The van der Waals surface area contributed by atoms with Gasteiger partial charge in [0.25, 0.3) is 10.2 Å². The SMILES string of the molecule is CCCN(CCC)S(=O)(=O)NCCCOC1CCNCC1. The van der Waals surface area contributed by atoms with E-state index in [0.29, 0.717) is 32.3 Å². The first-order valence-electron chi connectivity index (χ1n) is 8.17. The predicted molar refractivity (Wildman–Crippen MR) is 85.5 cm³/mol. The van der Waals surface area contributed by atoms with E-state index >= 15 is 0 Å². The van der Waals surface area contributed by atoms with E-state index in [1.165, 1.54) is 4.31 Å². The highest BCUT2D eigenvalue weighted by Gasteiger charge is 2.19. The minimum Gasteiger partial charge on any atom is -0.378 e. The third-order valence-corrected chi connectivity index (χ3v) is 5.15. The van der Waals surface area contributed by atoms with Crippen LogP contribution >= 0.6 is 0 Å². The van der Waals surface area contributed by atoms with Gasteiger partial charge in [0.05, 0.1) is 6.10 Å². The summed E-state index contributed by atoms with van der Waals surface area (Å²) in [5, 5.41) is 3.30. The summed E-state index contributed by atoms with van der Waals surface area (Å²) in [4.78, 5) is 0. The minimum absolute atomic E-state index is 0.333. The Kier molecular flexibility index (Phi) is 9.42. The third-order valence-electron chi connectivity index (χ3n) is 3.53. The molecule has 1 rings (SSSR count). The van der Waals surface area contributed by atoms with Crippen LogP contribution in [0.15, 0.2) is 0 Å². The molecule has 0 aromatic rings. The Balaban J connectivity index is 2.19. The summed E-state index contributed by atoms with van der Waals surface area (Å²) in [7, 11) is -3.33. The van der Waals surface area contributed by atoms with Gasteiger partial charge in [0, 0.05) is 26.2 Å². The van der Waals surface area contributed by atoms with Crippen molar-refractivity contribution in [3.8, 4) is 0 Å². The molecule has 0 amide bonds. The first-order valence-corrected chi connectivity index (χ1v) is 9.61. The van der Waals surface area contributed by atoms with Crippen LogP contribution in [-0.2, 0) is 14.9 Å². The lowest BCUT2D eigenvalue weighted by Crippen LogP contribution is -2.42. The molecular weight excluding hydrogens is 290 g/mol. The number of piperidine rings is 1. The molecule has 21 heavy (non-hydrogen) atoms. The third kappa shape index (κ3) is 7.56. The molecule has 0 saturated carbocycles. The molecule has 0 atom stereocenters. The van der Waals surface area contributed by atoms with Gasteiger partial charge in [-0.05, 0) is 45.2 Å². The van der Waals surface area contributed by atoms with E-state index in [9.17, 15) is 8.42 Å². The van der Waals surface area contributed by atoms with Crippen molar-refractivity contribution in [2.24, 2.45) is 0 Å². The summed E-state index contributed by atoms with van der Waals surface area (Å²) in [6, 6.07) is 0. The molecule has 0 unspecified atom stereocenters. The van der Waals surface area contributed by atoms with Crippen LogP contribution in [0.5, 0.6) is 0 Å². The molecular formula is C14H31N3O3S. The van der Waals surface area contributed by atoms with E-state index in [1.54, 1.807) is 0 Å². The lowest BCUT2D eigenvalue weighted by Gasteiger charge is -2.23. The van der Waals surface area contributed by atoms with E-state index in [4.69, 9.17) is 4.74 Å². The average Bonchev–Trinajstić information content (AvgIpc) is 2.47. The van der Waals surface area contributed by atoms with E-state index in [0.717, 1.165) is 45.2 Å². The Morgan fingerprint density at radius 1 is 1.19 bits per heavy atom. The largest absolute Gasteiger partial charge is 0.378 e. The molecule has 1 aliphatic rings. The van der Waals surface area contributed by atoms with Gasteiger partial charge in [-0.15, -0.1) is 0 Å². The smallest absolute Gasteiger partial charge is 0.279 e. The van der Waals surface area contributed by atoms with Crippen molar-refractivity contribution in [1.29, 1.82) is 0 Å². The fourth-order valence-electron chi connectivity index (χ4n) is 2.43. The lowest BCUT2D eigenvalue weighted by molar-refractivity contribution is 0.0322. The van der Waals surface area contributed by atoms with E-state index in [-0.39, 0.29) is 0 Å². The predicted octanol–water partition coefficient (Wildman–Crippen LogP) is 1.10. The topological polar surface area (TPSA) is 70.7 Å². The molecule has 7 heteroatoms. The number of rotatable bonds is 11. The van der Waals surface area contributed by atoms with Gasteiger partial charge < -0.3 is 10.1 Å². The highest BCUT2D eigenvalue weighted by Crippen LogP contribution is 2.07. The number of hydrogen-bond acceptors (Lipinski definition) is 4. The second-order valence-corrected chi connectivity index (χ2v) is 7.23. The first kappa shape index (κ1) is 18.8. The Hall–Kier alpha value is -0.210. The summed E-state index contributed by atoms with van der Waals surface area (Å²) in [5.41, 5.74) is 0. The van der Waals surface area contributed by atoms with Crippen molar-refractivity contribution in [3.63, 3.8) is 0 Å². The molecule has 1 saturated heterocycles. The fraction of sp³-hybridized carbons (Fsp3) is 1.00. The molecule has 0 spiro atoms.